The van der Waals surface area contributed by atoms with E-state index < -0.39 is 0 Å². The monoisotopic (exact) mass is 383 g/mol. The lowest BCUT2D eigenvalue weighted by molar-refractivity contribution is 0.0311. The second-order valence-electron chi connectivity index (χ2n) is 9.34. The molecule has 0 spiro atoms. The van der Waals surface area contributed by atoms with Crippen molar-refractivity contribution < 1.29 is 4.79 Å². The Morgan fingerprint density at radius 3 is 2.50 bits per heavy atom. The van der Waals surface area contributed by atoms with Gasteiger partial charge in [0.2, 0.25) is 5.91 Å². The molecule has 2 aliphatic heterocycles. The molecule has 1 saturated carbocycles. The molecule has 154 valence electrons. The van der Waals surface area contributed by atoms with Gasteiger partial charge in [0.1, 0.15) is 0 Å². The highest BCUT2D eigenvalue weighted by Gasteiger charge is 2.38. The van der Waals surface area contributed by atoms with E-state index in [0.29, 0.717) is 23.6 Å². The Hall–Kier alpha value is -1.39. The Morgan fingerprint density at radius 1 is 1.04 bits per heavy atom. The summed E-state index contributed by atoms with van der Waals surface area (Å²) < 4.78 is 0. The topological polar surface area (TPSA) is 58.4 Å². The summed E-state index contributed by atoms with van der Waals surface area (Å²) in [6.45, 7) is 3.53. The first-order chi connectivity index (χ1) is 13.7. The predicted molar refractivity (Wildman–Crippen MR) is 115 cm³/mol. The minimum Gasteiger partial charge on any atom is -0.366 e. The highest BCUT2D eigenvalue weighted by Crippen LogP contribution is 2.41. The molecule has 1 aromatic rings. The number of benzene rings is 1. The van der Waals surface area contributed by atoms with E-state index >= 15 is 0 Å². The van der Waals surface area contributed by atoms with Gasteiger partial charge in [0.25, 0.3) is 0 Å². The largest absolute Gasteiger partial charge is 0.366 e. The first-order valence-electron chi connectivity index (χ1n) is 11.6. The molecule has 2 heterocycles. The summed E-state index contributed by atoms with van der Waals surface area (Å²) >= 11 is 0. The van der Waals surface area contributed by atoms with Gasteiger partial charge < -0.3 is 11.1 Å². The van der Waals surface area contributed by atoms with Gasteiger partial charge >= 0.3 is 0 Å². The van der Waals surface area contributed by atoms with Crippen LogP contribution in [0, 0.1) is 5.92 Å². The summed E-state index contributed by atoms with van der Waals surface area (Å²) in [6, 6.07) is 9.45. The van der Waals surface area contributed by atoms with Crippen LogP contribution in [0.3, 0.4) is 0 Å². The number of hydrogen-bond acceptors (Lipinski definition) is 3. The quantitative estimate of drug-likeness (QED) is 0.698. The number of primary amides is 1. The van der Waals surface area contributed by atoms with E-state index in [1.54, 1.807) is 0 Å². The van der Waals surface area contributed by atoms with Gasteiger partial charge in [0.15, 0.2) is 0 Å². The first-order valence-corrected chi connectivity index (χ1v) is 11.6. The van der Waals surface area contributed by atoms with Gasteiger partial charge in [-0.3, -0.25) is 9.69 Å². The Labute approximate surface area is 170 Å². The maximum atomic E-state index is 11.6. The molecule has 1 aliphatic carbocycles. The van der Waals surface area contributed by atoms with E-state index in [0.717, 1.165) is 12.5 Å². The van der Waals surface area contributed by atoms with Crippen molar-refractivity contribution >= 4 is 5.91 Å². The van der Waals surface area contributed by atoms with E-state index in [9.17, 15) is 4.79 Å². The van der Waals surface area contributed by atoms with Gasteiger partial charge in [-0.2, -0.15) is 0 Å². The molecule has 4 nitrogen and oxygen atoms in total. The van der Waals surface area contributed by atoms with Crippen molar-refractivity contribution in [2.45, 2.75) is 82.2 Å². The Kier molecular flexibility index (Phi) is 6.69. The lowest BCUT2D eigenvalue weighted by Gasteiger charge is -2.49. The number of fused-ring (bicyclic) bond motifs is 2. The fourth-order valence-electron chi connectivity index (χ4n) is 5.97. The zero-order valence-electron chi connectivity index (χ0n) is 17.2. The first kappa shape index (κ1) is 19.9. The van der Waals surface area contributed by atoms with Crippen LogP contribution < -0.4 is 11.1 Å². The van der Waals surface area contributed by atoms with E-state index in [-0.39, 0.29) is 5.91 Å². The molecule has 1 amide bonds. The lowest BCUT2D eigenvalue weighted by Crippen LogP contribution is -2.53. The smallest absolute Gasteiger partial charge is 0.248 e. The number of nitrogens with one attached hydrogen (secondary N) is 1. The van der Waals surface area contributed by atoms with Crippen molar-refractivity contribution in [1.82, 2.24) is 10.2 Å². The second kappa shape index (κ2) is 9.41. The molecule has 2 bridgehead atoms. The van der Waals surface area contributed by atoms with Crippen LogP contribution in [0.4, 0.5) is 0 Å². The normalized spacial score (nSPS) is 28.9. The molecular formula is C24H37N3O. The van der Waals surface area contributed by atoms with Crippen LogP contribution in [-0.4, -0.2) is 42.5 Å². The summed E-state index contributed by atoms with van der Waals surface area (Å²) in [6.07, 6.45) is 13.6. The number of amides is 1. The zero-order valence-corrected chi connectivity index (χ0v) is 17.2. The van der Waals surface area contributed by atoms with Crippen LogP contribution in [-0.2, 0) is 0 Å². The standard InChI is InChI=1S/C24H37N3O/c25-24(28)20-9-4-8-19(14-20)21-15-22-10-5-11-23(16-21)27(22)13-12-26-17-18-6-2-1-3-7-18/h4,8-9,14,18,21-23,26H,1-3,5-7,10-13,15-17H2,(H2,25,28)/t21-,22+,23-. The van der Waals surface area contributed by atoms with E-state index in [2.05, 4.69) is 16.3 Å². The summed E-state index contributed by atoms with van der Waals surface area (Å²) in [5.74, 6) is 1.17. The van der Waals surface area contributed by atoms with Gasteiger partial charge in [0.05, 0.1) is 0 Å². The minimum absolute atomic E-state index is 0.316. The van der Waals surface area contributed by atoms with Crippen LogP contribution in [0.1, 0.15) is 86.0 Å². The number of rotatable bonds is 7. The summed E-state index contributed by atoms with van der Waals surface area (Å²) in [5, 5.41) is 3.76. The minimum atomic E-state index is -0.316. The van der Waals surface area contributed by atoms with Crippen LogP contribution in [0.2, 0.25) is 0 Å². The molecule has 3 aliphatic rings. The summed E-state index contributed by atoms with van der Waals surface area (Å²) in [4.78, 5) is 14.3. The molecule has 0 radical (unpaired) electrons. The van der Waals surface area contributed by atoms with Crippen molar-refractivity contribution in [2.75, 3.05) is 19.6 Å². The molecule has 3 N–H and O–H groups in total. The van der Waals surface area contributed by atoms with Gasteiger partial charge in [-0.15, -0.1) is 0 Å². The fourth-order valence-corrected chi connectivity index (χ4v) is 5.97. The fraction of sp³-hybridized carbons (Fsp3) is 0.708. The molecule has 4 heteroatoms. The molecule has 4 rings (SSSR count). The highest BCUT2D eigenvalue weighted by molar-refractivity contribution is 5.92. The van der Waals surface area contributed by atoms with Crippen molar-refractivity contribution in [3.05, 3.63) is 35.4 Å². The Balaban J connectivity index is 1.31. The van der Waals surface area contributed by atoms with Crippen LogP contribution in [0.5, 0.6) is 0 Å². The maximum absolute atomic E-state index is 11.6. The third kappa shape index (κ3) is 4.77. The second-order valence-corrected chi connectivity index (χ2v) is 9.34. The molecule has 2 saturated heterocycles. The SMILES string of the molecule is NC(=O)c1cccc([C@H]2C[C@H]3CCC[C@@H](C2)N3CCNCC2CCCCC2)c1. The molecular weight excluding hydrogens is 346 g/mol. The molecule has 28 heavy (non-hydrogen) atoms. The average Bonchev–Trinajstić information content (AvgIpc) is 2.71. The third-order valence-electron chi connectivity index (χ3n) is 7.47. The third-order valence-corrected chi connectivity index (χ3v) is 7.47. The van der Waals surface area contributed by atoms with Crippen LogP contribution >= 0.6 is 0 Å². The van der Waals surface area contributed by atoms with Gasteiger partial charge in [0, 0.05) is 30.7 Å². The summed E-state index contributed by atoms with van der Waals surface area (Å²) in [5.41, 5.74) is 7.45. The van der Waals surface area contributed by atoms with Crippen LogP contribution in [0.15, 0.2) is 24.3 Å². The molecule has 1 aromatic carbocycles. The lowest BCUT2D eigenvalue weighted by atomic mass is 9.75. The van der Waals surface area contributed by atoms with Crippen molar-refractivity contribution in [3.8, 4) is 0 Å². The average molecular weight is 384 g/mol. The number of nitrogens with two attached hydrogens (primary N) is 1. The molecule has 0 unspecified atom stereocenters. The van der Waals surface area contributed by atoms with Crippen molar-refractivity contribution in [3.63, 3.8) is 0 Å². The zero-order chi connectivity index (χ0) is 19.3. The van der Waals surface area contributed by atoms with Crippen LogP contribution in [0.25, 0.3) is 0 Å². The Morgan fingerprint density at radius 2 is 1.79 bits per heavy atom. The van der Waals surface area contributed by atoms with Gasteiger partial charge in [-0.25, -0.2) is 0 Å². The van der Waals surface area contributed by atoms with Gasteiger partial charge in [-0.05, 0) is 74.6 Å². The maximum Gasteiger partial charge on any atom is 0.248 e. The van der Waals surface area contributed by atoms with E-state index in [1.807, 2.05) is 18.2 Å². The Bertz CT molecular complexity index is 641. The number of nitrogens with zero attached hydrogens (tertiary/aromatic N) is 1. The van der Waals surface area contributed by atoms with E-state index in [4.69, 9.17) is 5.73 Å². The van der Waals surface area contributed by atoms with Crippen molar-refractivity contribution in [1.29, 1.82) is 0 Å². The molecule has 3 atom stereocenters. The van der Waals surface area contributed by atoms with Gasteiger partial charge in [-0.1, -0.05) is 37.8 Å². The predicted octanol–water partition coefficient (Wildman–Crippen LogP) is 4.06. The van der Waals surface area contributed by atoms with Crippen molar-refractivity contribution in [2.24, 2.45) is 11.7 Å². The summed E-state index contributed by atoms with van der Waals surface area (Å²) in [7, 11) is 0. The number of carbonyl (C=O) groups is 1. The number of hydrogen-bond donors (Lipinski definition) is 2. The molecule has 0 aromatic heterocycles. The molecule has 3 fully saturated rings. The number of piperidine rings is 2. The number of carbonyl (C=O) groups excluding carboxylic acids is 1. The highest BCUT2D eigenvalue weighted by atomic mass is 16.1. The van der Waals surface area contributed by atoms with E-state index in [1.165, 1.54) is 82.9 Å².